The number of benzene rings is 1. The van der Waals surface area contributed by atoms with Crippen LogP contribution in [0.3, 0.4) is 0 Å². The highest BCUT2D eigenvalue weighted by Crippen LogP contribution is 2.18. The molecule has 116 valence electrons. The smallest absolute Gasteiger partial charge is 0.220 e. The Morgan fingerprint density at radius 1 is 1.18 bits per heavy atom. The number of para-hydroxylation sites is 1. The average Bonchev–Trinajstić information content (AvgIpc) is 2.50. The molecule has 0 bridgehead atoms. The van der Waals surface area contributed by atoms with Gasteiger partial charge < -0.3 is 10.1 Å². The molecule has 1 heterocycles. The first-order valence-electron chi connectivity index (χ1n) is 7.28. The van der Waals surface area contributed by atoms with E-state index in [1.54, 1.807) is 7.11 Å². The number of aryl methyl sites for hydroxylation is 3. The van der Waals surface area contributed by atoms with Gasteiger partial charge in [0.05, 0.1) is 13.7 Å². The molecule has 1 amide bonds. The number of rotatable bonds is 6. The third kappa shape index (κ3) is 4.55. The fourth-order valence-corrected chi connectivity index (χ4v) is 2.30. The third-order valence-electron chi connectivity index (χ3n) is 3.29. The fourth-order valence-electron chi connectivity index (χ4n) is 2.30. The summed E-state index contributed by atoms with van der Waals surface area (Å²) in [5, 5.41) is 2.86. The number of aromatic nitrogens is 2. The lowest BCUT2D eigenvalue weighted by Crippen LogP contribution is -2.24. The fraction of sp³-hybridized carbons (Fsp3) is 0.353. The molecule has 0 atom stereocenters. The van der Waals surface area contributed by atoms with Crippen LogP contribution in [0.4, 0.5) is 0 Å². The molecule has 5 nitrogen and oxygen atoms in total. The molecule has 0 aliphatic heterocycles. The second-order valence-corrected chi connectivity index (χ2v) is 5.16. The third-order valence-corrected chi connectivity index (χ3v) is 3.29. The number of carbonyl (C=O) groups excluding carboxylic acids is 1. The minimum absolute atomic E-state index is 0.0198. The molecule has 0 unspecified atom stereocenters. The van der Waals surface area contributed by atoms with Gasteiger partial charge in [-0.1, -0.05) is 18.2 Å². The highest BCUT2D eigenvalue weighted by molar-refractivity contribution is 5.76. The average molecular weight is 299 g/mol. The summed E-state index contributed by atoms with van der Waals surface area (Å²) in [7, 11) is 1.64. The topological polar surface area (TPSA) is 64.1 Å². The number of carbonyl (C=O) groups is 1. The molecule has 5 heteroatoms. The van der Waals surface area contributed by atoms with Gasteiger partial charge >= 0.3 is 0 Å². The molecule has 0 saturated heterocycles. The Labute approximate surface area is 130 Å². The lowest BCUT2D eigenvalue weighted by Gasteiger charge is -2.08. The van der Waals surface area contributed by atoms with Crippen molar-refractivity contribution in [3.63, 3.8) is 0 Å². The minimum Gasteiger partial charge on any atom is -0.496 e. The molecule has 0 spiro atoms. The molecule has 0 aliphatic carbocycles. The Morgan fingerprint density at radius 2 is 1.86 bits per heavy atom. The maximum absolute atomic E-state index is 12.0. The Bertz CT molecular complexity index is 636. The van der Waals surface area contributed by atoms with Crippen molar-refractivity contribution in [3.8, 4) is 5.75 Å². The van der Waals surface area contributed by atoms with Crippen LogP contribution in [0.15, 0.2) is 30.3 Å². The van der Waals surface area contributed by atoms with Crippen LogP contribution in [-0.2, 0) is 17.8 Å². The van der Waals surface area contributed by atoms with Crippen molar-refractivity contribution in [2.45, 2.75) is 33.2 Å². The van der Waals surface area contributed by atoms with Crippen LogP contribution in [0.2, 0.25) is 0 Å². The van der Waals surface area contributed by atoms with Crippen molar-refractivity contribution >= 4 is 5.91 Å². The lowest BCUT2D eigenvalue weighted by atomic mass is 10.1. The maximum Gasteiger partial charge on any atom is 0.220 e. The van der Waals surface area contributed by atoms with Crippen LogP contribution in [0.25, 0.3) is 0 Å². The first-order chi connectivity index (χ1) is 10.6. The predicted molar refractivity (Wildman–Crippen MR) is 84.7 cm³/mol. The number of amides is 1. The number of hydrogen-bond donors (Lipinski definition) is 1. The van der Waals surface area contributed by atoms with E-state index in [0.717, 1.165) is 22.7 Å². The second kappa shape index (κ2) is 7.54. The van der Waals surface area contributed by atoms with Crippen LogP contribution < -0.4 is 10.1 Å². The Kier molecular flexibility index (Phi) is 5.47. The van der Waals surface area contributed by atoms with Crippen molar-refractivity contribution in [3.05, 3.63) is 53.1 Å². The van der Waals surface area contributed by atoms with Crippen LogP contribution in [0.5, 0.6) is 5.75 Å². The molecule has 1 aromatic heterocycles. The zero-order valence-electron chi connectivity index (χ0n) is 13.2. The van der Waals surface area contributed by atoms with Crippen LogP contribution in [0.1, 0.15) is 29.2 Å². The molecule has 2 rings (SSSR count). The Balaban J connectivity index is 1.85. The van der Waals surface area contributed by atoms with Gasteiger partial charge in [-0.2, -0.15) is 0 Å². The Morgan fingerprint density at radius 3 is 2.55 bits per heavy atom. The summed E-state index contributed by atoms with van der Waals surface area (Å²) in [5.41, 5.74) is 2.85. The number of methoxy groups -OCH3 is 1. The summed E-state index contributed by atoms with van der Waals surface area (Å²) in [5.74, 6) is 1.43. The highest BCUT2D eigenvalue weighted by atomic mass is 16.5. The second-order valence-electron chi connectivity index (χ2n) is 5.16. The molecule has 0 saturated carbocycles. The molecular weight excluding hydrogens is 278 g/mol. The summed E-state index contributed by atoms with van der Waals surface area (Å²) in [6, 6.07) is 9.64. The van der Waals surface area contributed by atoms with Gasteiger partial charge in [-0.3, -0.25) is 4.79 Å². The van der Waals surface area contributed by atoms with E-state index in [9.17, 15) is 4.79 Å². The van der Waals surface area contributed by atoms with E-state index in [1.807, 2.05) is 44.2 Å². The van der Waals surface area contributed by atoms with Crippen molar-refractivity contribution < 1.29 is 9.53 Å². The lowest BCUT2D eigenvalue weighted by molar-refractivity contribution is -0.121. The summed E-state index contributed by atoms with van der Waals surface area (Å²) in [6.45, 7) is 4.19. The van der Waals surface area contributed by atoms with Gasteiger partial charge in [0.2, 0.25) is 5.91 Å². The van der Waals surface area contributed by atoms with Gasteiger partial charge in [-0.15, -0.1) is 0 Å². The van der Waals surface area contributed by atoms with E-state index < -0.39 is 0 Å². The largest absolute Gasteiger partial charge is 0.496 e. The summed E-state index contributed by atoms with van der Waals surface area (Å²) in [4.78, 5) is 20.6. The van der Waals surface area contributed by atoms with Crippen molar-refractivity contribution in [2.24, 2.45) is 0 Å². The van der Waals surface area contributed by atoms with Crippen LogP contribution >= 0.6 is 0 Å². The normalized spacial score (nSPS) is 10.3. The van der Waals surface area contributed by atoms with Gasteiger partial charge in [0.1, 0.15) is 11.6 Å². The SMILES string of the molecule is COc1ccccc1CCC(=O)NCc1nc(C)cc(C)n1. The van der Waals surface area contributed by atoms with Crippen molar-refractivity contribution in [1.29, 1.82) is 0 Å². The van der Waals surface area contributed by atoms with Crippen LogP contribution in [0, 0.1) is 13.8 Å². The summed E-state index contributed by atoms with van der Waals surface area (Å²) < 4.78 is 5.28. The molecule has 1 aromatic carbocycles. The van der Waals surface area contributed by atoms with E-state index in [1.165, 1.54) is 0 Å². The zero-order valence-corrected chi connectivity index (χ0v) is 13.2. The number of nitrogens with one attached hydrogen (secondary N) is 1. The standard InChI is InChI=1S/C17H21N3O2/c1-12-10-13(2)20-16(19-12)11-18-17(21)9-8-14-6-4-5-7-15(14)22-3/h4-7,10H,8-9,11H2,1-3H3,(H,18,21). The highest BCUT2D eigenvalue weighted by Gasteiger charge is 2.07. The molecule has 0 aliphatic rings. The van der Waals surface area contributed by atoms with Gasteiger partial charge in [-0.05, 0) is 38.0 Å². The molecule has 2 aromatic rings. The van der Waals surface area contributed by atoms with E-state index in [2.05, 4.69) is 15.3 Å². The number of hydrogen-bond acceptors (Lipinski definition) is 4. The number of nitrogens with zero attached hydrogens (tertiary/aromatic N) is 2. The molecule has 0 fully saturated rings. The first kappa shape index (κ1) is 15.9. The van der Waals surface area contributed by atoms with E-state index in [-0.39, 0.29) is 5.91 Å². The van der Waals surface area contributed by atoms with Gasteiger partial charge in [-0.25, -0.2) is 9.97 Å². The first-order valence-corrected chi connectivity index (χ1v) is 7.28. The van der Waals surface area contributed by atoms with E-state index in [0.29, 0.717) is 25.2 Å². The Hall–Kier alpha value is -2.43. The van der Waals surface area contributed by atoms with E-state index in [4.69, 9.17) is 4.74 Å². The van der Waals surface area contributed by atoms with Crippen molar-refractivity contribution in [1.82, 2.24) is 15.3 Å². The van der Waals surface area contributed by atoms with E-state index >= 15 is 0 Å². The van der Waals surface area contributed by atoms with Gasteiger partial charge in [0.15, 0.2) is 0 Å². The molecule has 0 radical (unpaired) electrons. The van der Waals surface area contributed by atoms with Crippen LogP contribution in [-0.4, -0.2) is 23.0 Å². The monoisotopic (exact) mass is 299 g/mol. The summed E-state index contributed by atoms with van der Waals surface area (Å²) in [6.07, 6.45) is 1.05. The van der Waals surface area contributed by atoms with Crippen molar-refractivity contribution in [2.75, 3.05) is 7.11 Å². The zero-order chi connectivity index (χ0) is 15.9. The molecule has 22 heavy (non-hydrogen) atoms. The van der Waals surface area contributed by atoms with Gasteiger partial charge in [0.25, 0.3) is 0 Å². The minimum atomic E-state index is -0.0198. The maximum atomic E-state index is 12.0. The predicted octanol–water partition coefficient (Wildman–Crippen LogP) is 2.35. The number of ether oxygens (including phenoxy) is 1. The molecular formula is C17H21N3O2. The quantitative estimate of drug-likeness (QED) is 0.889. The van der Waals surface area contributed by atoms with Gasteiger partial charge in [0, 0.05) is 17.8 Å². The molecule has 1 N–H and O–H groups in total. The summed E-state index contributed by atoms with van der Waals surface area (Å²) >= 11 is 0.